The Labute approximate surface area is 200 Å². The van der Waals surface area contributed by atoms with Crippen LogP contribution >= 0.6 is 0 Å². The molecule has 1 aliphatic rings. The molecule has 0 aromatic heterocycles. The van der Waals surface area contributed by atoms with Gasteiger partial charge in [0.05, 0.1) is 24.9 Å². The summed E-state index contributed by atoms with van der Waals surface area (Å²) in [6, 6.07) is 13.5. The summed E-state index contributed by atoms with van der Waals surface area (Å²) < 4.78 is 50.1. The molecular formula is C26H35F3N2O3. The lowest BCUT2D eigenvalue weighted by Crippen LogP contribution is -2.49. The predicted octanol–water partition coefficient (Wildman–Crippen LogP) is 4.58. The van der Waals surface area contributed by atoms with Crippen molar-refractivity contribution >= 4 is 5.69 Å². The predicted molar refractivity (Wildman–Crippen MR) is 128 cm³/mol. The van der Waals surface area contributed by atoms with Gasteiger partial charge in [-0.1, -0.05) is 39.0 Å². The third-order valence-corrected chi connectivity index (χ3v) is 5.91. The van der Waals surface area contributed by atoms with Crippen molar-refractivity contribution < 1.29 is 27.8 Å². The van der Waals surface area contributed by atoms with Gasteiger partial charge in [-0.2, -0.15) is 13.2 Å². The molecule has 3 rings (SSSR count). The zero-order valence-electron chi connectivity index (χ0n) is 20.1. The molecule has 0 amide bonds. The summed E-state index contributed by atoms with van der Waals surface area (Å²) in [6.07, 6.45) is -4.98. The molecule has 1 N–H and O–H groups in total. The zero-order chi connectivity index (χ0) is 24.8. The summed E-state index contributed by atoms with van der Waals surface area (Å²) in [4.78, 5) is 4.05. The van der Waals surface area contributed by atoms with Crippen molar-refractivity contribution in [1.82, 2.24) is 4.90 Å². The molecule has 5 nitrogen and oxygen atoms in total. The van der Waals surface area contributed by atoms with Gasteiger partial charge >= 0.3 is 6.18 Å². The fourth-order valence-electron chi connectivity index (χ4n) is 3.91. The van der Waals surface area contributed by atoms with Gasteiger partial charge in [-0.15, -0.1) is 0 Å². The van der Waals surface area contributed by atoms with Crippen molar-refractivity contribution in [1.29, 1.82) is 0 Å². The fourth-order valence-corrected chi connectivity index (χ4v) is 3.91. The number of aliphatic hydroxyl groups is 1. The van der Waals surface area contributed by atoms with E-state index in [0.717, 1.165) is 11.8 Å². The maximum absolute atomic E-state index is 13.0. The van der Waals surface area contributed by atoms with Gasteiger partial charge in [0.1, 0.15) is 12.4 Å². The van der Waals surface area contributed by atoms with Crippen LogP contribution in [0.15, 0.2) is 48.5 Å². The van der Waals surface area contributed by atoms with E-state index in [1.54, 1.807) is 6.07 Å². The Morgan fingerprint density at radius 1 is 0.912 bits per heavy atom. The van der Waals surface area contributed by atoms with E-state index < -0.39 is 17.8 Å². The van der Waals surface area contributed by atoms with Gasteiger partial charge in [-0.25, -0.2) is 0 Å². The standard InChI is InChI=1S/C26H35F3N2O3/c1-25(2,3)20-7-9-24(10-8-20)34-16-15-33-19-23(32)18-30-11-13-31(14-12-30)22-6-4-5-21(17-22)26(27,28)29/h4-10,17,23,32H,11-16,18-19H2,1-3H3. The number of alkyl halides is 3. The summed E-state index contributed by atoms with van der Waals surface area (Å²) in [7, 11) is 0. The number of hydrogen-bond donors (Lipinski definition) is 1. The smallest absolute Gasteiger partial charge is 0.416 e. The van der Waals surface area contributed by atoms with Crippen molar-refractivity contribution in [3.8, 4) is 5.75 Å². The van der Waals surface area contributed by atoms with E-state index >= 15 is 0 Å². The first-order chi connectivity index (χ1) is 16.0. The van der Waals surface area contributed by atoms with Crippen molar-refractivity contribution in [2.75, 3.05) is 57.4 Å². The maximum atomic E-state index is 13.0. The first-order valence-electron chi connectivity index (χ1n) is 11.7. The Hall–Kier alpha value is -2.29. The van der Waals surface area contributed by atoms with E-state index in [1.165, 1.54) is 17.7 Å². The minimum atomic E-state index is -4.34. The van der Waals surface area contributed by atoms with Gasteiger partial charge in [0, 0.05) is 38.4 Å². The fraction of sp³-hybridized carbons (Fsp3) is 0.538. The molecule has 34 heavy (non-hydrogen) atoms. The van der Waals surface area contributed by atoms with E-state index in [-0.39, 0.29) is 12.0 Å². The average molecular weight is 481 g/mol. The van der Waals surface area contributed by atoms with E-state index in [4.69, 9.17) is 9.47 Å². The summed E-state index contributed by atoms with van der Waals surface area (Å²) >= 11 is 0. The summed E-state index contributed by atoms with van der Waals surface area (Å²) in [5.41, 5.74) is 1.29. The van der Waals surface area contributed by atoms with Crippen LogP contribution in [0.1, 0.15) is 31.9 Å². The number of rotatable bonds is 9. The van der Waals surface area contributed by atoms with Crippen molar-refractivity contribution in [3.63, 3.8) is 0 Å². The second kappa shape index (κ2) is 11.4. The normalized spacial score (nSPS) is 16.5. The number of piperazine rings is 1. The van der Waals surface area contributed by atoms with E-state index in [0.29, 0.717) is 51.6 Å². The van der Waals surface area contributed by atoms with Crippen LogP contribution in [-0.4, -0.2) is 68.7 Å². The Morgan fingerprint density at radius 2 is 1.59 bits per heavy atom. The molecule has 2 aromatic rings. The number of benzene rings is 2. The first-order valence-corrected chi connectivity index (χ1v) is 11.7. The Kier molecular flexibility index (Phi) is 8.84. The topological polar surface area (TPSA) is 45.2 Å². The van der Waals surface area contributed by atoms with Crippen molar-refractivity contribution in [2.45, 2.75) is 38.5 Å². The number of aliphatic hydroxyl groups excluding tert-OH is 1. The number of β-amino-alcohol motifs (C(OH)–C–C–N with tert-alkyl or cyclic N) is 1. The molecule has 8 heteroatoms. The highest BCUT2D eigenvalue weighted by Gasteiger charge is 2.31. The van der Waals surface area contributed by atoms with Gasteiger partial charge in [0.2, 0.25) is 0 Å². The minimum Gasteiger partial charge on any atom is -0.491 e. The lowest BCUT2D eigenvalue weighted by molar-refractivity contribution is -0.137. The molecule has 188 valence electrons. The van der Waals surface area contributed by atoms with Crippen LogP contribution in [0, 0.1) is 0 Å². The van der Waals surface area contributed by atoms with Crippen LogP contribution < -0.4 is 9.64 Å². The molecule has 1 heterocycles. The molecule has 1 unspecified atom stereocenters. The zero-order valence-corrected chi connectivity index (χ0v) is 20.1. The van der Waals surface area contributed by atoms with Crippen molar-refractivity contribution in [2.24, 2.45) is 0 Å². The summed E-state index contributed by atoms with van der Waals surface area (Å²) in [5.74, 6) is 0.788. The molecular weight excluding hydrogens is 445 g/mol. The van der Waals surface area contributed by atoms with Gasteiger partial charge in [-0.3, -0.25) is 4.90 Å². The van der Waals surface area contributed by atoms with E-state index in [2.05, 4.69) is 37.8 Å². The van der Waals surface area contributed by atoms with Gasteiger partial charge in [0.25, 0.3) is 0 Å². The highest BCUT2D eigenvalue weighted by molar-refractivity contribution is 5.49. The Balaban J connectivity index is 1.32. The van der Waals surface area contributed by atoms with Crippen molar-refractivity contribution in [3.05, 3.63) is 59.7 Å². The largest absolute Gasteiger partial charge is 0.491 e. The molecule has 2 aromatic carbocycles. The van der Waals surface area contributed by atoms with Crippen LogP contribution in [0.5, 0.6) is 5.75 Å². The number of ether oxygens (including phenoxy) is 2. The Morgan fingerprint density at radius 3 is 2.21 bits per heavy atom. The second-order valence-corrected chi connectivity index (χ2v) is 9.69. The van der Waals surface area contributed by atoms with Gasteiger partial charge in [-0.05, 0) is 41.3 Å². The molecule has 0 bridgehead atoms. The molecule has 1 fully saturated rings. The van der Waals surface area contributed by atoms with Crippen LogP contribution in [0.4, 0.5) is 18.9 Å². The third kappa shape index (κ3) is 7.89. The van der Waals surface area contributed by atoms with Gasteiger partial charge < -0.3 is 19.5 Å². The van der Waals surface area contributed by atoms with E-state index in [1.807, 2.05) is 17.0 Å². The lowest BCUT2D eigenvalue weighted by atomic mass is 9.87. The quantitative estimate of drug-likeness (QED) is 0.533. The second-order valence-electron chi connectivity index (χ2n) is 9.69. The molecule has 0 aliphatic carbocycles. The lowest BCUT2D eigenvalue weighted by Gasteiger charge is -2.37. The Bertz CT molecular complexity index is 889. The van der Waals surface area contributed by atoms with Crippen LogP contribution in [-0.2, 0) is 16.3 Å². The van der Waals surface area contributed by atoms with Crippen LogP contribution in [0.25, 0.3) is 0 Å². The number of anilines is 1. The summed E-state index contributed by atoms with van der Waals surface area (Å²) in [6.45, 7) is 10.5. The average Bonchev–Trinajstić information content (AvgIpc) is 2.78. The highest BCUT2D eigenvalue weighted by Crippen LogP contribution is 2.32. The summed E-state index contributed by atoms with van der Waals surface area (Å²) in [5, 5.41) is 10.3. The molecule has 1 saturated heterocycles. The molecule has 1 aliphatic heterocycles. The third-order valence-electron chi connectivity index (χ3n) is 5.91. The van der Waals surface area contributed by atoms with Crippen LogP contribution in [0.2, 0.25) is 0 Å². The molecule has 0 spiro atoms. The maximum Gasteiger partial charge on any atom is 0.416 e. The number of nitrogens with zero attached hydrogens (tertiary/aromatic N) is 2. The van der Waals surface area contributed by atoms with E-state index in [9.17, 15) is 18.3 Å². The first kappa shape index (κ1) is 26.3. The molecule has 1 atom stereocenters. The molecule has 0 radical (unpaired) electrons. The minimum absolute atomic E-state index is 0.0998. The van der Waals surface area contributed by atoms with Gasteiger partial charge in [0.15, 0.2) is 0 Å². The SMILES string of the molecule is CC(C)(C)c1ccc(OCCOCC(O)CN2CCN(c3cccc(C(F)(F)F)c3)CC2)cc1. The van der Waals surface area contributed by atoms with Crippen LogP contribution in [0.3, 0.4) is 0 Å². The monoisotopic (exact) mass is 480 g/mol. The number of halogens is 3. The number of hydrogen-bond acceptors (Lipinski definition) is 5. The highest BCUT2D eigenvalue weighted by atomic mass is 19.4. The molecule has 0 saturated carbocycles.